The summed E-state index contributed by atoms with van der Waals surface area (Å²) in [5.74, 6) is 0. The van der Waals surface area contributed by atoms with Crippen molar-refractivity contribution in [2.45, 2.75) is 0 Å². The molecular weight excluding hydrogens is 252 g/mol. The van der Waals surface area contributed by atoms with Gasteiger partial charge in [-0.2, -0.15) is 10.2 Å². The number of rotatable bonds is 2. The van der Waals surface area contributed by atoms with Gasteiger partial charge in [-0.1, -0.05) is 34.1 Å². The van der Waals surface area contributed by atoms with Gasteiger partial charge in [0.25, 0.3) is 0 Å². The Morgan fingerprint density at radius 3 is 2.47 bits per heavy atom. The molecule has 3 heteroatoms. The van der Waals surface area contributed by atoms with Crippen LogP contribution in [0.2, 0.25) is 0 Å². The average Bonchev–Trinajstić information content (AvgIpc) is 2.30. The topological polar surface area (TPSA) is 25.8 Å². The first-order valence-electron chi connectivity index (χ1n) is 4.56. The molecule has 1 heterocycles. The fraction of sp³-hybridized carbons (Fsp3) is 0. The number of hydrogen-bond acceptors (Lipinski definition) is 2. The number of halogens is 1. The molecule has 0 N–H and O–H groups in total. The van der Waals surface area contributed by atoms with E-state index in [1.807, 2.05) is 48.6 Å². The van der Waals surface area contributed by atoms with Gasteiger partial charge in [-0.15, -0.1) is 0 Å². The van der Waals surface area contributed by atoms with E-state index in [0.717, 1.165) is 15.7 Å². The van der Waals surface area contributed by atoms with E-state index in [1.165, 1.54) is 0 Å². The van der Waals surface area contributed by atoms with E-state index in [0.29, 0.717) is 0 Å². The Hall–Kier alpha value is -1.48. The molecule has 0 saturated heterocycles. The summed E-state index contributed by atoms with van der Waals surface area (Å²) >= 11 is 3.40. The third kappa shape index (κ3) is 2.99. The first kappa shape index (κ1) is 10.1. The van der Waals surface area contributed by atoms with Gasteiger partial charge in [0.2, 0.25) is 0 Å². The van der Waals surface area contributed by atoms with Crippen molar-refractivity contribution in [2.75, 3.05) is 0 Å². The molecule has 0 spiro atoms. The maximum atomic E-state index is 3.97. The molecule has 0 aliphatic carbocycles. The second kappa shape index (κ2) is 4.84. The van der Waals surface area contributed by atoms with E-state index < -0.39 is 0 Å². The lowest BCUT2D eigenvalue weighted by atomic mass is 10.2. The molecular formula is C12H9BrN2. The first-order chi connectivity index (χ1) is 7.34. The molecule has 0 bridgehead atoms. The largest absolute Gasteiger partial charge is 0.159 e. The highest BCUT2D eigenvalue weighted by Crippen LogP contribution is 2.12. The molecule has 0 unspecified atom stereocenters. The normalized spacial score (nSPS) is 10.7. The van der Waals surface area contributed by atoms with Crippen LogP contribution >= 0.6 is 15.9 Å². The maximum absolute atomic E-state index is 3.97. The number of aromatic nitrogens is 2. The highest BCUT2D eigenvalue weighted by Gasteiger charge is 1.89. The smallest absolute Gasteiger partial charge is 0.0857 e. The lowest BCUT2D eigenvalue weighted by Gasteiger charge is -1.93. The summed E-state index contributed by atoms with van der Waals surface area (Å²) in [6.45, 7) is 0. The minimum atomic E-state index is 0.861. The lowest BCUT2D eigenvalue weighted by Crippen LogP contribution is -1.81. The molecule has 0 atom stereocenters. The summed E-state index contributed by atoms with van der Waals surface area (Å²) in [6, 6.07) is 11.9. The molecule has 1 aromatic carbocycles. The second-order valence-electron chi connectivity index (χ2n) is 3.03. The molecule has 2 aromatic rings. The average molecular weight is 261 g/mol. The third-order valence-corrected chi connectivity index (χ3v) is 2.44. The zero-order chi connectivity index (χ0) is 10.5. The van der Waals surface area contributed by atoms with Crippen molar-refractivity contribution in [2.24, 2.45) is 0 Å². The van der Waals surface area contributed by atoms with Gasteiger partial charge in [0.1, 0.15) is 0 Å². The summed E-state index contributed by atoms with van der Waals surface area (Å²) in [5, 5.41) is 7.77. The van der Waals surface area contributed by atoms with Gasteiger partial charge >= 0.3 is 0 Å². The Kier molecular flexibility index (Phi) is 3.25. The molecule has 0 radical (unpaired) electrons. The van der Waals surface area contributed by atoms with Crippen LogP contribution in [0.15, 0.2) is 47.1 Å². The van der Waals surface area contributed by atoms with Crippen molar-refractivity contribution in [3.05, 3.63) is 58.3 Å². The molecule has 0 saturated carbocycles. The Morgan fingerprint density at radius 2 is 1.80 bits per heavy atom. The highest BCUT2D eigenvalue weighted by molar-refractivity contribution is 9.10. The molecule has 2 nitrogen and oxygen atoms in total. The lowest BCUT2D eigenvalue weighted by molar-refractivity contribution is 1.02. The van der Waals surface area contributed by atoms with E-state index in [9.17, 15) is 0 Å². The SMILES string of the molecule is Brc1ccc(/C=C/c2cccnn2)cc1. The fourth-order valence-electron chi connectivity index (χ4n) is 1.16. The van der Waals surface area contributed by atoms with Crippen LogP contribution in [-0.2, 0) is 0 Å². The molecule has 2 rings (SSSR count). The van der Waals surface area contributed by atoms with E-state index in [2.05, 4.69) is 26.1 Å². The van der Waals surface area contributed by atoms with Crippen molar-refractivity contribution in [1.29, 1.82) is 0 Å². The first-order valence-corrected chi connectivity index (χ1v) is 5.35. The number of hydrogen-bond donors (Lipinski definition) is 0. The molecule has 0 fully saturated rings. The summed E-state index contributed by atoms with van der Waals surface area (Å²) in [4.78, 5) is 0. The predicted molar refractivity (Wildman–Crippen MR) is 65.1 cm³/mol. The van der Waals surface area contributed by atoms with E-state index >= 15 is 0 Å². The number of benzene rings is 1. The van der Waals surface area contributed by atoms with Gasteiger partial charge in [-0.25, -0.2) is 0 Å². The van der Waals surface area contributed by atoms with E-state index in [-0.39, 0.29) is 0 Å². The Morgan fingerprint density at radius 1 is 1.00 bits per heavy atom. The van der Waals surface area contributed by atoms with Crippen LogP contribution in [0.1, 0.15) is 11.3 Å². The Balaban J connectivity index is 2.15. The van der Waals surface area contributed by atoms with Crippen LogP contribution in [0.4, 0.5) is 0 Å². The molecule has 1 aromatic heterocycles. The Labute approximate surface area is 96.8 Å². The third-order valence-electron chi connectivity index (χ3n) is 1.91. The van der Waals surface area contributed by atoms with Crippen LogP contribution in [-0.4, -0.2) is 10.2 Å². The summed E-state index contributed by atoms with van der Waals surface area (Å²) < 4.78 is 1.08. The fourth-order valence-corrected chi connectivity index (χ4v) is 1.42. The van der Waals surface area contributed by atoms with E-state index in [4.69, 9.17) is 0 Å². The highest BCUT2D eigenvalue weighted by atomic mass is 79.9. The van der Waals surface area contributed by atoms with Gasteiger partial charge < -0.3 is 0 Å². The molecule has 15 heavy (non-hydrogen) atoms. The minimum Gasteiger partial charge on any atom is -0.159 e. The van der Waals surface area contributed by atoms with Crippen molar-refractivity contribution in [3.63, 3.8) is 0 Å². The minimum absolute atomic E-state index is 0.861. The van der Waals surface area contributed by atoms with Gasteiger partial charge in [0.05, 0.1) is 5.69 Å². The molecule has 0 aliphatic heterocycles. The van der Waals surface area contributed by atoms with Gasteiger partial charge in [0.15, 0.2) is 0 Å². The van der Waals surface area contributed by atoms with Gasteiger partial charge in [-0.3, -0.25) is 0 Å². The monoisotopic (exact) mass is 260 g/mol. The van der Waals surface area contributed by atoms with Crippen molar-refractivity contribution < 1.29 is 0 Å². The van der Waals surface area contributed by atoms with Crippen LogP contribution in [0.5, 0.6) is 0 Å². The van der Waals surface area contributed by atoms with Crippen molar-refractivity contribution in [1.82, 2.24) is 10.2 Å². The van der Waals surface area contributed by atoms with Crippen molar-refractivity contribution in [3.8, 4) is 0 Å². The summed E-state index contributed by atoms with van der Waals surface area (Å²) in [7, 11) is 0. The van der Waals surface area contributed by atoms with Crippen LogP contribution in [0, 0.1) is 0 Å². The van der Waals surface area contributed by atoms with Gasteiger partial charge in [0, 0.05) is 10.7 Å². The standard InChI is InChI=1S/C12H9BrN2/c13-11-6-3-10(4-7-11)5-8-12-2-1-9-14-15-12/h1-9H/b8-5+. The quantitative estimate of drug-likeness (QED) is 0.827. The van der Waals surface area contributed by atoms with Crippen LogP contribution in [0.3, 0.4) is 0 Å². The summed E-state index contributed by atoms with van der Waals surface area (Å²) in [6.07, 6.45) is 5.61. The van der Waals surface area contributed by atoms with Crippen LogP contribution < -0.4 is 0 Å². The maximum Gasteiger partial charge on any atom is 0.0857 e. The Bertz CT molecular complexity index is 449. The zero-order valence-electron chi connectivity index (χ0n) is 7.97. The molecule has 74 valence electrons. The molecule has 0 amide bonds. The van der Waals surface area contributed by atoms with Gasteiger partial charge in [-0.05, 0) is 35.9 Å². The zero-order valence-corrected chi connectivity index (χ0v) is 9.55. The van der Waals surface area contributed by atoms with Crippen molar-refractivity contribution >= 4 is 28.1 Å². The summed E-state index contributed by atoms with van der Waals surface area (Å²) in [5.41, 5.74) is 2.00. The van der Waals surface area contributed by atoms with E-state index in [1.54, 1.807) is 6.20 Å². The van der Waals surface area contributed by atoms with Crippen LogP contribution in [0.25, 0.3) is 12.2 Å². The predicted octanol–water partition coefficient (Wildman–Crippen LogP) is 3.41. The second-order valence-corrected chi connectivity index (χ2v) is 3.95. The number of nitrogens with zero attached hydrogens (tertiary/aromatic N) is 2. The molecule has 0 aliphatic rings.